The summed E-state index contributed by atoms with van der Waals surface area (Å²) in [4.78, 5) is 4.46. The SMILES string of the molecule is C=C1CCCC1CCSC1=NC(C(=C)O)C#CCS1. The van der Waals surface area contributed by atoms with Crippen molar-refractivity contribution < 1.29 is 5.11 Å². The number of aliphatic imine (C=N–C) groups is 1. The van der Waals surface area contributed by atoms with E-state index in [-0.39, 0.29) is 5.76 Å². The van der Waals surface area contributed by atoms with E-state index < -0.39 is 6.04 Å². The molecule has 1 saturated carbocycles. The summed E-state index contributed by atoms with van der Waals surface area (Å²) < 4.78 is 1.00. The molecule has 1 aliphatic carbocycles. The first-order valence-corrected chi connectivity index (χ1v) is 8.51. The highest BCUT2D eigenvalue weighted by atomic mass is 32.2. The van der Waals surface area contributed by atoms with Gasteiger partial charge in [-0.05, 0) is 31.6 Å². The second-order valence-corrected chi connectivity index (χ2v) is 7.09. The number of aliphatic hydroxyl groups excluding tert-OH is 1. The molecule has 0 spiro atoms. The monoisotopic (exact) mass is 293 g/mol. The Labute approximate surface area is 123 Å². The summed E-state index contributed by atoms with van der Waals surface area (Å²) in [7, 11) is 0. The predicted octanol–water partition coefficient (Wildman–Crippen LogP) is 4.01. The molecule has 0 amide bonds. The fraction of sp³-hybridized carbons (Fsp3) is 0.533. The summed E-state index contributed by atoms with van der Waals surface area (Å²) in [6.07, 6.45) is 4.96. The van der Waals surface area contributed by atoms with Crippen molar-refractivity contribution in [3.63, 3.8) is 0 Å². The van der Waals surface area contributed by atoms with E-state index in [1.807, 2.05) is 0 Å². The minimum atomic E-state index is -0.445. The molecule has 1 aliphatic heterocycles. The van der Waals surface area contributed by atoms with Crippen molar-refractivity contribution in [2.24, 2.45) is 10.9 Å². The summed E-state index contributed by atoms with van der Waals surface area (Å²) in [6, 6.07) is -0.445. The van der Waals surface area contributed by atoms with Crippen LogP contribution in [0.1, 0.15) is 25.7 Å². The van der Waals surface area contributed by atoms with Crippen LogP contribution < -0.4 is 0 Å². The summed E-state index contributed by atoms with van der Waals surface area (Å²) in [5, 5.41) is 9.42. The zero-order valence-electron chi connectivity index (χ0n) is 11.0. The lowest BCUT2D eigenvalue weighted by molar-refractivity contribution is 0.391. The molecule has 2 atom stereocenters. The number of hydrogen-bond acceptors (Lipinski definition) is 4. The molecular formula is C15H19NOS2. The Kier molecular flexibility index (Phi) is 5.47. The number of aliphatic hydroxyl groups is 1. The van der Waals surface area contributed by atoms with Crippen LogP contribution in [0.3, 0.4) is 0 Å². The van der Waals surface area contributed by atoms with Gasteiger partial charge in [-0.25, -0.2) is 4.99 Å². The third kappa shape index (κ3) is 4.36. The van der Waals surface area contributed by atoms with Crippen molar-refractivity contribution in [3.05, 3.63) is 24.5 Å². The second-order valence-electron chi connectivity index (χ2n) is 4.78. The first kappa shape index (κ1) is 14.6. The van der Waals surface area contributed by atoms with Crippen LogP contribution in [0.25, 0.3) is 0 Å². The maximum absolute atomic E-state index is 9.42. The highest BCUT2D eigenvalue weighted by Crippen LogP contribution is 2.33. The smallest absolute Gasteiger partial charge is 0.168 e. The maximum atomic E-state index is 9.42. The lowest BCUT2D eigenvalue weighted by atomic mass is 10.0. The summed E-state index contributed by atoms with van der Waals surface area (Å²) in [6.45, 7) is 7.67. The van der Waals surface area contributed by atoms with E-state index in [2.05, 4.69) is 30.0 Å². The molecule has 102 valence electrons. The third-order valence-electron chi connectivity index (χ3n) is 3.38. The number of thioether (sulfide) groups is 2. The lowest BCUT2D eigenvalue weighted by Gasteiger charge is -2.11. The largest absolute Gasteiger partial charge is 0.510 e. The number of hydrogen-bond donors (Lipinski definition) is 1. The molecule has 2 unspecified atom stereocenters. The highest BCUT2D eigenvalue weighted by molar-refractivity contribution is 8.39. The quantitative estimate of drug-likeness (QED) is 0.483. The van der Waals surface area contributed by atoms with Crippen molar-refractivity contribution in [2.75, 3.05) is 11.5 Å². The number of nitrogens with zero attached hydrogens (tertiary/aromatic N) is 1. The molecule has 0 saturated heterocycles. The average Bonchev–Trinajstić information content (AvgIpc) is 2.65. The Balaban J connectivity index is 1.82. The minimum absolute atomic E-state index is 0.0391. The highest BCUT2D eigenvalue weighted by Gasteiger charge is 2.19. The first-order valence-electron chi connectivity index (χ1n) is 6.54. The Hall–Kier alpha value is -0.790. The maximum Gasteiger partial charge on any atom is 0.168 e. The zero-order valence-corrected chi connectivity index (χ0v) is 12.7. The molecule has 2 aliphatic rings. The van der Waals surface area contributed by atoms with Gasteiger partial charge >= 0.3 is 0 Å². The second kappa shape index (κ2) is 7.12. The predicted molar refractivity (Wildman–Crippen MR) is 86.8 cm³/mol. The molecular weight excluding hydrogens is 274 g/mol. The molecule has 0 aromatic heterocycles. The molecule has 0 aromatic carbocycles. The van der Waals surface area contributed by atoms with Gasteiger partial charge in [0, 0.05) is 5.75 Å². The van der Waals surface area contributed by atoms with Crippen molar-refractivity contribution in [3.8, 4) is 11.8 Å². The summed E-state index contributed by atoms with van der Waals surface area (Å²) in [5.74, 6) is 8.45. The van der Waals surface area contributed by atoms with E-state index in [0.717, 1.165) is 15.9 Å². The van der Waals surface area contributed by atoms with E-state index in [1.165, 1.54) is 31.3 Å². The topological polar surface area (TPSA) is 32.6 Å². The molecule has 2 rings (SSSR count). The summed E-state index contributed by atoms with van der Waals surface area (Å²) >= 11 is 3.41. The molecule has 4 heteroatoms. The average molecular weight is 293 g/mol. The number of allylic oxidation sites excluding steroid dienone is 1. The molecule has 0 bridgehead atoms. The van der Waals surface area contributed by atoms with Crippen LogP contribution in [-0.4, -0.2) is 27.0 Å². The van der Waals surface area contributed by atoms with Crippen molar-refractivity contribution in [1.29, 1.82) is 0 Å². The Morgan fingerprint density at radius 1 is 1.58 bits per heavy atom. The lowest BCUT2D eigenvalue weighted by Crippen LogP contribution is -2.06. The van der Waals surface area contributed by atoms with E-state index >= 15 is 0 Å². The van der Waals surface area contributed by atoms with Gasteiger partial charge in [0.1, 0.15) is 10.1 Å². The van der Waals surface area contributed by atoms with Crippen LogP contribution in [0.5, 0.6) is 0 Å². The van der Waals surface area contributed by atoms with Gasteiger partial charge in [0.05, 0.1) is 5.75 Å². The van der Waals surface area contributed by atoms with Gasteiger partial charge in [0.2, 0.25) is 0 Å². The summed E-state index contributed by atoms with van der Waals surface area (Å²) in [5.41, 5.74) is 1.42. The van der Waals surface area contributed by atoms with Crippen LogP contribution >= 0.6 is 23.5 Å². The normalized spacial score (nSPS) is 26.3. The Morgan fingerprint density at radius 2 is 2.42 bits per heavy atom. The molecule has 1 heterocycles. The van der Waals surface area contributed by atoms with Gasteiger partial charge in [-0.1, -0.05) is 54.1 Å². The minimum Gasteiger partial charge on any atom is -0.510 e. The standard InChI is InChI=1S/C15H19NOS2/c1-11-5-3-6-13(11)8-10-19-15-16-14(12(2)17)7-4-9-18-15/h13-14,17H,1-3,5-6,8-10H2. The van der Waals surface area contributed by atoms with Crippen molar-refractivity contribution in [1.82, 2.24) is 0 Å². The fourth-order valence-corrected chi connectivity index (χ4v) is 4.24. The molecule has 19 heavy (non-hydrogen) atoms. The van der Waals surface area contributed by atoms with Crippen LogP contribution in [0.4, 0.5) is 0 Å². The van der Waals surface area contributed by atoms with E-state index in [1.54, 1.807) is 23.5 Å². The molecule has 2 nitrogen and oxygen atoms in total. The van der Waals surface area contributed by atoms with Crippen molar-refractivity contribution in [2.45, 2.75) is 31.7 Å². The van der Waals surface area contributed by atoms with Gasteiger partial charge in [-0.3, -0.25) is 0 Å². The third-order valence-corrected chi connectivity index (χ3v) is 5.52. The van der Waals surface area contributed by atoms with Crippen LogP contribution in [-0.2, 0) is 0 Å². The van der Waals surface area contributed by atoms with Gasteiger partial charge in [0.25, 0.3) is 0 Å². The Bertz CT molecular complexity index is 459. The van der Waals surface area contributed by atoms with Crippen LogP contribution in [0, 0.1) is 17.8 Å². The van der Waals surface area contributed by atoms with E-state index in [4.69, 9.17) is 0 Å². The van der Waals surface area contributed by atoms with Gasteiger partial charge in [-0.15, -0.1) is 0 Å². The zero-order chi connectivity index (χ0) is 13.7. The van der Waals surface area contributed by atoms with Crippen LogP contribution in [0.15, 0.2) is 29.5 Å². The van der Waals surface area contributed by atoms with Gasteiger partial charge < -0.3 is 5.11 Å². The molecule has 0 radical (unpaired) electrons. The molecule has 0 aromatic rings. The van der Waals surface area contributed by atoms with Gasteiger partial charge in [-0.2, -0.15) is 0 Å². The number of rotatable bonds is 4. The Morgan fingerprint density at radius 3 is 3.11 bits per heavy atom. The van der Waals surface area contributed by atoms with Crippen molar-refractivity contribution >= 4 is 27.9 Å². The fourth-order valence-electron chi connectivity index (χ4n) is 2.27. The molecule has 1 N–H and O–H groups in total. The van der Waals surface area contributed by atoms with E-state index in [9.17, 15) is 5.11 Å². The van der Waals surface area contributed by atoms with Crippen LogP contribution in [0.2, 0.25) is 0 Å². The first-order chi connectivity index (χ1) is 9.16. The van der Waals surface area contributed by atoms with E-state index in [0.29, 0.717) is 5.92 Å². The van der Waals surface area contributed by atoms with Gasteiger partial charge in [0.15, 0.2) is 6.04 Å². The molecule has 1 fully saturated rings.